The summed E-state index contributed by atoms with van der Waals surface area (Å²) in [5.41, 5.74) is 2.29. The van der Waals surface area contributed by atoms with Crippen molar-refractivity contribution < 1.29 is 0 Å². The van der Waals surface area contributed by atoms with Crippen LogP contribution >= 0.6 is 0 Å². The van der Waals surface area contributed by atoms with E-state index in [0.29, 0.717) is 0 Å². The van der Waals surface area contributed by atoms with Crippen LogP contribution in [-0.4, -0.2) is 41.0 Å². The number of hydrogen-bond donors (Lipinski definition) is 2. The fourth-order valence-corrected chi connectivity index (χ4v) is 2.21. The van der Waals surface area contributed by atoms with Gasteiger partial charge < -0.3 is 10.3 Å². The lowest BCUT2D eigenvalue weighted by Gasteiger charge is -2.39. The minimum absolute atomic E-state index is 0.00111. The van der Waals surface area contributed by atoms with Gasteiger partial charge in [0.2, 0.25) is 0 Å². The lowest BCUT2D eigenvalue weighted by molar-refractivity contribution is 0.0954. The van der Waals surface area contributed by atoms with Crippen LogP contribution in [0.15, 0.2) is 0 Å². The summed E-state index contributed by atoms with van der Waals surface area (Å²) >= 11 is 0. The van der Waals surface area contributed by atoms with Gasteiger partial charge in [0, 0.05) is 31.9 Å². The number of aryl methyl sites for hydroxylation is 2. The fourth-order valence-electron chi connectivity index (χ4n) is 2.21. The maximum absolute atomic E-state index is 4.64. The molecule has 1 saturated heterocycles. The second kappa shape index (κ2) is 4.18. The highest BCUT2D eigenvalue weighted by molar-refractivity contribution is 5.16. The molecule has 4 heteroatoms. The van der Waals surface area contributed by atoms with Gasteiger partial charge in [0.1, 0.15) is 5.82 Å². The fraction of sp³-hybridized carbons (Fsp3) is 0.750. The second-order valence-corrected chi connectivity index (χ2v) is 5.09. The molecule has 0 aliphatic carbocycles. The first kappa shape index (κ1) is 11.6. The SMILES string of the molecule is Cc1nc(C(C)(C)N2CCNCC2)[nH]c1C. The molecule has 0 amide bonds. The molecule has 4 nitrogen and oxygen atoms in total. The monoisotopic (exact) mass is 222 g/mol. The van der Waals surface area contributed by atoms with Gasteiger partial charge in [-0.15, -0.1) is 0 Å². The van der Waals surface area contributed by atoms with E-state index in [-0.39, 0.29) is 5.54 Å². The van der Waals surface area contributed by atoms with Crippen LogP contribution in [0.1, 0.15) is 31.1 Å². The van der Waals surface area contributed by atoms with Gasteiger partial charge in [-0.05, 0) is 27.7 Å². The van der Waals surface area contributed by atoms with E-state index < -0.39 is 0 Å². The van der Waals surface area contributed by atoms with Crippen LogP contribution in [-0.2, 0) is 5.54 Å². The molecular formula is C12H22N4. The highest BCUT2D eigenvalue weighted by atomic mass is 15.3. The van der Waals surface area contributed by atoms with Gasteiger partial charge in [0.25, 0.3) is 0 Å². The molecule has 0 bridgehead atoms. The molecule has 2 heterocycles. The Morgan fingerprint density at radius 2 is 1.81 bits per heavy atom. The minimum atomic E-state index is 0.00111. The Morgan fingerprint density at radius 3 is 2.31 bits per heavy atom. The quantitative estimate of drug-likeness (QED) is 0.789. The lowest BCUT2D eigenvalue weighted by atomic mass is 10.0. The third-order valence-corrected chi connectivity index (χ3v) is 3.62. The second-order valence-electron chi connectivity index (χ2n) is 5.09. The van der Waals surface area contributed by atoms with Crippen molar-refractivity contribution >= 4 is 0 Å². The summed E-state index contributed by atoms with van der Waals surface area (Å²) in [6.45, 7) is 13.0. The lowest BCUT2D eigenvalue weighted by Crippen LogP contribution is -2.52. The molecule has 0 radical (unpaired) electrons. The predicted molar refractivity (Wildman–Crippen MR) is 65.5 cm³/mol. The van der Waals surface area contributed by atoms with E-state index in [1.165, 1.54) is 5.69 Å². The van der Waals surface area contributed by atoms with E-state index in [1.807, 2.05) is 0 Å². The summed E-state index contributed by atoms with van der Waals surface area (Å²) in [6, 6.07) is 0. The molecule has 0 saturated carbocycles. The average molecular weight is 222 g/mol. The molecule has 1 aromatic rings. The number of aromatic amines is 1. The molecule has 1 aliphatic heterocycles. The topological polar surface area (TPSA) is 44.0 Å². The molecule has 0 aromatic carbocycles. The van der Waals surface area contributed by atoms with E-state index in [4.69, 9.17) is 0 Å². The van der Waals surface area contributed by atoms with E-state index in [0.717, 1.165) is 37.7 Å². The van der Waals surface area contributed by atoms with Crippen molar-refractivity contribution in [1.29, 1.82) is 0 Å². The summed E-state index contributed by atoms with van der Waals surface area (Å²) in [5, 5.41) is 3.38. The first-order valence-electron chi connectivity index (χ1n) is 6.01. The third-order valence-electron chi connectivity index (χ3n) is 3.62. The summed E-state index contributed by atoms with van der Waals surface area (Å²) in [6.07, 6.45) is 0. The molecule has 1 aliphatic rings. The van der Waals surface area contributed by atoms with E-state index >= 15 is 0 Å². The van der Waals surface area contributed by atoms with E-state index in [9.17, 15) is 0 Å². The van der Waals surface area contributed by atoms with E-state index in [1.54, 1.807) is 0 Å². The zero-order valence-corrected chi connectivity index (χ0v) is 10.7. The Kier molecular flexibility index (Phi) is 3.04. The summed E-state index contributed by atoms with van der Waals surface area (Å²) < 4.78 is 0. The highest BCUT2D eigenvalue weighted by Crippen LogP contribution is 2.26. The summed E-state index contributed by atoms with van der Waals surface area (Å²) in [5.74, 6) is 1.09. The van der Waals surface area contributed by atoms with Gasteiger partial charge in [-0.2, -0.15) is 0 Å². The molecule has 1 aromatic heterocycles. The molecule has 2 N–H and O–H groups in total. The van der Waals surface area contributed by atoms with Crippen molar-refractivity contribution in [3.8, 4) is 0 Å². The standard InChI is InChI=1S/C12H22N4/c1-9-10(2)15-11(14-9)12(3,4)16-7-5-13-6-8-16/h13H,5-8H2,1-4H3,(H,14,15). The largest absolute Gasteiger partial charge is 0.344 e. The van der Waals surface area contributed by atoms with Gasteiger partial charge in [-0.3, -0.25) is 4.90 Å². The summed E-state index contributed by atoms with van der Waals surface area (Å²) in [4.78, 5) is 10.5. The Bertz CT molecular complexity index is 342. The van der Waals surface area contributed by atoms with Crippen LogP contribution in [0.2, 0.25) is 0 Å². The third kappa shape index (κ3) is 1.99. The first-order chi connectivity index (χ1) is 7.51. The number of aromatic nitrogens is 2. The molecule has 0 unspecified atom stereocenters. The Morgan fingerprint density at radius 1 is 1.19 bits per heavy atom. The molecular weight excluding hydrogens is 200 g/mol. The number of nitrogens with one attached hydrogen (secondary N) is 2. The molecule has 2 rings (SSSR count). The zero-order chi connectivity index (χ0) is 11.8. The smallest absolute Gasteiger partial charge is 0.126 e. The van der Waals surface area contributed by atoms with Crippen molar-refractivity contribution in [3.05, 3.63) is 17.2 Å². The van der Waals surface area contributed by atoms with Gasteiger partial charge in [-0.1, -0.05) is 0 Å². The van der Waals surface area contributed by atoms with Crippen LogP contribution in [0.25, 0.3) is 0 Å². The first-order valence-corrected chi connectivity index (χ1v) is 6.01. The van der Waals surface area contributed by atoms with Crippen molar-refractivity contribution in [2.24, 2.45) is 0 Å². The molecule has 0 spiro atoms. The maximum atomic E-state index is 4.64. The van der Waals surface area contributed by atoms with Gasteiger partial charge >= 0.3 is 0 Å². The molecule has 90 valence electrons. The van der Waals surface area contributed by atoms with Crippen molar-refractivity contribution in [1.82, 2.24) is 20.2 Å². The van der Waals surface area contributed by atoms with Crippen LogP contribution in [0.5, 0.6) is 0 Å². The van der Waals surface area contributed by atoms with Crippen LogP contribution < -0.4 is 5.32 Å². The van der Waals surface area contributed by atoms with Gasteiger partial charge in [0.15, 0.2) is 0 Å². The molecule has 0 atom stereocenters. The van der Waals surface area contributed by atoms with Crippen LogP contribution in [0.3, 0.4) is 0 Å². The predicted octanol–water partition coefficient (Wildman–Crippen LogP) is 1.17. The number of hydrogen-bond acceptors (Lipinski definition) is 3. The van der Waals surface area contributed by atoms with Crippen molar-refractivity contribution in [2.75, 3.05) is 26.2 Å². The number of rotatable bonds is 2. The van der Waals surface area contributed by atoms with Gasteiger partial charge in [0.05, 0.1) is 11.2 Å². The molecule has 1 fully saturated rings. The maximum Gasteiger partial charge on any atom is 0.126 e. The normalized spacial score (nSPS) is 19.0. The minimum Gasteiger partial charge on any atom is -0.344 e. The van der Waals surface area contributed by atoms with Crippen molar-refractivity contribution in [2.45, 2.75) is 33.2 Å². The molecule has 16 heavy (non-hydrogen) atoms. The summed E-state index contributed by atoms with van der Waals surface area (Å²) in [7, 11) is 0. The number of H-pyrrole nitrogens is 1. The van der Waals surface area contributed by atoms with Crippen LogP contribution in [0, 0.1) is 13.8 Å². The van der Waals surface area contributed by atoms with Crippen LogP contribution in [0.4, 0.5) is 0 Å². The number of imidazole rings is 1. The Labute approximate surface area is 97.4 Å². The van der Waals surface area contributed by atoms with Crippen molar-refractivity contribution in [3.63, 3.8) is 0 Å². The average Bonchev–Trinajstić information content (AvgIpc) is 2.61. The Balaban J connectivity index is 2.22. The van der Waals surface area contributed by atoms with Gasteiger partial charge in [-0.25, -0.2) is 4.98 Å². The zero-order valence-electron chi connectivity index (χ0n) is 10.7. The number of piperazine rings is 1. The Hall–Kier alpha value is -0.870. The van der Waals surface area contributed by atoms with E-state index in [2.05, 4.69) is 47.9 Å². The highest BCUT2D eigenvalue weighted by Gasteiger charge is 2.32. The number of nitrogens with zero attached hydrogens (tertiary/aromatic N) is 2.